The number of hydrogen-bond donors (Lipinski definition) is 1. The van der Waals surface area contributed by atoms with E-state index in [1.54, 1.807) is 23.1 Å². The molecule has 3 nitrogen and oxygen atoms in total. The molecule has 0 aromatic heterocycles. The fourth-order valence-corrected chi connectivity index (χ4v) is 3.76. The van der Waals surface area contributed by atoms with Crippen molar-refractivity contribution < 1.29 is 9.18 Å². The third kappa shape index (κ3) is 3.31. The molecule has 136 valence electrons. The Balaban J connectivity index is 1.71. The van der Waals surface area contributed by atoms with E-state index in [2.05, 4.69) is 5.32 Å². The summed E-state index contributed by atoms with van der Waals surface area (Å²) in [6.07, 6.45) is 0.742. The first kappa shape index (κ1) is 17.3. The van der Waals surface area contributed by atoms with E-state index < -0.39 is 5.82 Å². The number of anilines is 2. The normalized spacial score (nSPS) is 18.7. The number of rotatable bonds is 3. The summed E-state index contributed by atoms with van der Waals surface area (Å²) < 4.78 is 14.2. The molecule has 0 bridgehead atoms. The number of halogens is 1. The van der Waals surface area contributed by atoms with E-state index >= 15 is 0 Å². The van der Waals surface area contributed by atoms with Crippen LogP contribution in [0, 0.1) is 5.82 Å². The summed E-state index contributed by atoms with van der Waals surface area (Å²) in [6, 6.07) is 24.1. The molecule has 0 fully saturated rings. The van der Waals surface area contributed by atoms with Crippen LogP contribution in [0.25, 0.3) is 0 Å². The van der Waals surface area contributed by atoms with Gasteiger partial charge < -0.3 is 10.2 Å². The van der Waals surface area contributed by atoms with Gasteiger partial charge in [0.05, 0.1) is 11.6 Å². The van der Waals surface area contributed by atoms with Crippen LogP contribution in [-0.4, -0.2) is 11.9 Å². The summed E-state index contributed by atoms with van der Waals surface area (Å²) in [5.41, 5.74) is 3.02. The molecule has 4 heteroatoms. The van der Waals surface area contributed by atoms with Crippen LogP contribution in [0.15, 0.2) is 78.9 Å². The van der Waals surface area contributed by atoms with Gasteiger partial charge in [0.15, 0.2) is 0 Å². The number of nitrogens with one attached hydrogen (secondary N) is 1. The van der Waals surface area contributed by atoms with Crippen molar-refractivity contribution in [2.24, 2.45) is 0 Å². The number of carbonyl (C=O) groups is 1. The highest BCUT2D eigenvalue weighted by Gasteiger charge is 2.34. The highest BCUT2D eigenvalue weighted by Crippen LogP contribution is 2.39. The maximum absolute atomic E-state index is 14.2. The average molecular weight is 360 g/mol. The van der Waals surface area contributed by atoms with Crippen molar-refractivity contribution in [3.05, 3.63) is 95.8 Å². The molecule has 3 aromatic carbocycles. The highest BCUT2D eigenvalue weighted by atomic mass is 19.1. The Kier molecular flexibility index (Phi) is 4.63. The van der Waals surface area contributed by atoms with E-state index in [9.17, 15) is 9.18 Å². The summed E-state index contributed by atoms with van der Waals surface area (Å²) in [5, 5.41) is 3.57. The van der Waals surface area contributed by atoms with Gasteiger partial charge in [0.25, 0.3) is 5.91 Å². The summed E-state index contributed by atoms with van der Waals surface area (Å²) in [6.45, 7) is 2.01. The topological polar surface area (TPSA) is 32.3 Å². The van der Waals surface area contributed by atoms with Crippen molar-refractivity contribution in [3.63, 3.8) is 0 Å². The summed E-state index contributed by atoms with van der Waals surface area (Å²) in [7, 11) is 0. The molecule has 0 saturated heterocycles. The summed E-state index contributed by atoms with van der Waals surface area (Å²) >= 11 is 0. The fourth-order valence-electron chi connectivity index (χ4n) is 3.76. The highest BCUT2D eigenvalue weighted by molar-refractivity contribution is 6.07. The van der Waals surface area contributed by atoms with E-state index in [-0.39, 0.29) is 23.6 Å². The molecule has 0 radical (unpaired) electrons. The zero-order valence-electron chi connectivity index (χ0n) is 15.1. The molecule has 27 heavy (non-hydrogen) atoms. The molecule has 1 aliphatic rings. The van der Waals surface area contributed by atoms with Crippen LogP contribution in [0.5, 0.6) is 0 Å². The number of para-hydroxylation sites is 2. The standard InChI is InChI=1S/C23H21FN2O/c1-16-15-21(25-17-9-3-2-4-10-17)19-12-6-8-14-22(19)26(16)23(27)18-11-5-7-13-20(18)24/h2-14,16,21,25H,15H2,1H3/t16-,21-/m1/s1. The lowest BCUT2D eigenvalue weighted by atomic mass is 9.90. The van der Waals surface area contributed by atoms with Gasteiger partial charge in [0, 0.05) is 17.4 Å². The first-order valence-electron chi connectivity index (χ1n) is 9.14. The number of nitrogens with zero attached hydrogens (tertiary/aromatic N) is 1. The van der Waals surface area contributed by atoms with Crippen molar-refractivity contribution in [3.8, 4) is 0 Å². The summed E-state index contributed by atoms with van der Waals surface area (Å²) in [4.78, 5) is 14.8. The molecule has 0 aliphatic carbocycles. The van der Waals surface area contributed by atoms with Crippen molar-refractivity contribution in [1.29, 1.82) is 0 Å². The molecule has 0 unspecified atom stereocenters. The lowest BCUT2D eigenvalue weighted by Crippen LogP contribution is -2.44. The minimum Gasteiger partial charge on any atom is -0.378 e. The second-order valence-electron chi connectivity index (χ2n) is 6.86. The quantitative estimate of drug-likeness (QED) is 0.676. The van der Waals surface area contributed by atoms with Crippen molar-refractivity contribution in [2.75, 3.05) is 10.2 Å². The summed E-state index contributed by atoms with van der Waals surface area (Å²) in [5.74, 6) is -0.789. The lowest BCUT2D eigenvalue weighted by molar-refractivity contribution is 0.0970. The minimum atomic E-state index is -0.489. The number of hydrogen-bond acceptors (Lipinski definition) is 2. The van der Waals surface area contributed by atoms with Gasteiger partial charge in [0.2, 0.25) is 0 Å². The Labute approximate surface area is 158 Å². The number of benzene rings is 3. The zero-order valence-corrected chi connectivity index (χ0v) is 15.1. The Morgan fingerprint density at radius 2 is 1.63 bits per heavy atom. The van der Waals surface area contributed by atoms with Gasteiger partial charge in [0.1, 0.15) is 5.82 Å². The minimum absolute atomic E-state index is 0.0618. The SMILES string of the molecule is C[C@@H]1C[C@@H](Nc2ccccc2)c2ccccc2N1C(=O)c1ccccc1F. The largest absolute Gasteiger partial charge is 0.378 e. The van der Waals surface area contributed by atoms with Gasteiger partial charge in [-0.05, 0) is 49.2 Å². The smallest absolute Gasteiger partial charge is 0.261 e. The maximum atomic E-state index is 14.2. The predicted octanol–water partition coefficient (Wildman–Crippen LogP) is 5.42. The van der Waals surface area contributed by atoms with E-state index in [0.29, 0.717) is 0 Å². The first-order valence-corrected chi connectivity index (χ1v) is 9.14. The van der Waals surface area contributed by atoms with Gasteiger partial charge in [-0.15, -0.1) is 0 Å². The average Bonchev–Trinajstić information content (AvgIpc) is 2.69. The maximum Gasteiger partial charge on any atom is 0.261 e. The second kappa shape index (κ2) is 7.23. The van der Waals surface area contributed by atoms with E-state index in [1.807, 2.05) is 61.5 Å². The van der Waals surface area contributed by atoms with Gasteiger partial charge in [-0.3, -0.25) is 4.79 Å². The van der Waals surface area contributed by atoms with Gasteiger partial charge in [-0.1, -0.05) is 48.5 Å². The molecule has 4 rings (SSSR count). The predicted molar refractivity (Wildman–Crippen MR) is 107 cm³/mol. The van der Waals surface area contributed by atoms with Crippen molar-refractivity contribution in [1.82, 2.24) is 0 Å². The Morgan fingerprint density at radius 1 is 0.963 bits per heavy atom. The Hall–Kier alpha value is -3.14. The van der Waals surface area contributed by atoms with Crippen LogP contribution in [0.3, 0.4) is 0 Å². The molecular formula is C23H21FN2O. The Bertz CT molecular complexity index is 957. The molecule has 3 aromatic rings. The number of fused-ring (bicyclic) bond motifs is 1. The van der Waals surface area contributed by atoms with E-state index in [4.69, 9.17) is 0 Å². The molecule has 0 spiro atoms. The molecular weight excluding hydrogens is 339 g/mol. The Morgan fingerprint density at radius 3 is 2.41 bits per heavy atom. The van der Waals surface area contributed by atoms with Gasteiger partial charge in [-0.25, -0.2) is 4.39 Å². The first-order chi connectivity index (χ1) is 13.1. The lowest BCUT2D eigenvalue weighted by Gasteiger charge is -2.40. The molecule has 1 amide bonds. The monoisotopic (exact) mass is 360 g/mol. The van der Waals surface area contributed by atoms with Crippen molar-refractivity contribution in [2.45, 2.75) is 25.4 Å². The molecule has 2 atom stereocenters. The van der Waals surface area contributed by atoms with Crippen LogP contribution >= 0.6 is 0 Å². The van der Waals surface area contributed by atoms with Crippen LogP contribution in [0.4, 0.5) is 15.8 Å². The number of amides is 1. The van der Waals surface area contributed by atoms with Crippen LogP contribution in [-0.2, 0) is 0 Å². The van der Waals surface area contributed by atoms with E-state index in [0.717, 1.165) is 23.4 Å². The molecule has 1 heterocycles. The number of carbonyl (C=O) groups excluding carboxylic acids is 1. The second-order valence-corrected chi connectivity index (χ2v) is 6.86. The van der Waals surface area contributed by atoms with Crippen LogP contribution in [0.2, 0.25) is 0 Å². The third-order valence-electron chi connectivity index (χ3n) is 5.03. The van der Waals surface area contributed by atoms with E-state index in [1.165, 1.54) is 6.07 Å². The third-order valence-corrected chi connectivity index (χ3v) is 5.03. The molecule has 1 aliphatic heterocycles. The van der Waals surface area contributed by atoms with Gasteiger partial charge >= 0.3 is 0 Å². The fraction of sp³-hybridized carbons (Fsp3) is 0.174. The van der Waals surface area contributed by atoms with Crippen LogP contribution < -0.4 is 10.2 Å². The van der Waals surface area contributed by atoms with Crippen LogP contribution in [0.1, 0.15) is 35.3 Å². The molecule has 1 N–H and O–H groups in total. The molecule has 0 saturated carbocycles. The van der Waals surface area contributed by atoms with Gasteiger partial charge in [-0.2, -0.15) is 0 Å². The van der Waals surface area contributed by atoms with Crippen molar-refractivity contribution >= 4 is 17.3 Å². The zero-order chi connectivity index (χ0) is 18.8.